The Bertz CT molecular complexity index is 1050. The lowest BCUT2D eigenvalue weighted by atomic mass is 10.3. The van der Waals surface area contributed by atoms with Gasteiger partial charge >= 0.3 is 0 Å². The van der Waals surface area contributed by atoms with Crippen LogP contribution < -0.4 is 10.9 Å². The number of nitrogens with zero attached hydrogens (tertiary/aromatic N) is 4. The lowest BCUT2D eigenvalue weighted by Gasteiger charge is -2.11. The van der Waals surface area contributed by atoms with Gasteiger partial charge in [0.2, 0.25) is 0 Å². The van der Waals surface area contributed by atoms with E-state index < -0.39 is 5.91 Å². The monoisotopic (exact) mass is 338 g/mol. The Morgan fingerprint density at radius 2 is 2.08 bits per heavy atom. The summed E-state index contributed by atoms with van der Waals surface area (Å²) in [6.07, 6.45) is 6.26. The van der Waals surface area contributed by atoms with Gasteiger partial charge in [0.1, 0.15) is 5.69 Å². The molecule has 8 heteroatoms. The third-order valence-electron chi connectivity index (χ3n) is 3.51. The van der Waals surface area contributed by atoms with Crippen molar-refractivity contribution in [3.8, 4) is 0 Å². The molecule has 0 saturated carbocycles. The van der Waals surface area contributed by atoms with E-state index in [1.807, 2.05) is 34.9 Å². The number of fused-ring (bicyclic) bond motifs is 3. The molecule has 4 aromatic rings. The molecule has 0 atom stereocenters. The summed E-state index contributed by atoms with van der Waals surface area (Å²) in [6, 6.07) is 9.29. The molecule has 24 heavy (non-hydrogen) atoms. The number of rotatable bonds is 3. The average Bonchev–Trinajstić information content (AvgIpc) is 3.10. The first-order valence-electron chi connectivity index (χ1n) is 7.11. The van der Waals surface area contributed by atoms with E-state index in [1.54, 1.807) is 6.07 Å². The number of carbonyl (C=O) groups is 1. The van der Waals surface area contributed by atoms with Crippen molar-refractivity contribution in [1.29, 1.82) is 0 Å². The van der Waals surface area contributed by atoms with Gasteiger partial charge in [0.25, 0.3) is 5.91 Å². The molecule has 0 bridgehead atoms. The number of hydrogen-bond donors (Lipinski definition) is 2. The van der Waals surface area contributed by atoms with E-state index in [4.69, 9.17) is 11.6 Å². The molecule has 0 aliphatic carbocycles. The molecule has 3 aromatic heterocycles. The Kier molecular flexibility index (Phi) is 3.47. The number of amides is 1. The number of benzene rings is 1. The molecule has 7 nitrogen and oxygen atoms in total. The third-order valence-corrected chi connectivity index (χ3v) is 3.75. The molecular weight excluding hydrogens is 328 g/mol. The molecule has 4 rings (SSSR count). The molecule has 1 aromatic carbocycles. The molecule has 118 valence electrons. The van der Waals surface area contributed by atoms with Gasteiger partial charge in [-0.05, 0) is 30.3 Å². The van der Waals surface area contributed by atoms with Crippen molar-refractivity contribution in [1.82, 2.24) is 24.8 Å². The largest absolute Gasteiger partial charge is 0.312 e. The van der Waals surface area contributed by atoms with Gasteiger partial charge in [0, 0.05) is 23.6 Å². The predicted octanol–water partition coefficient (Wildman–Crippen LogP) is 2.69. The summed E-state index contributed by atoms with van der Waals surface area (Å²) in [7, 11) is 0. The molecule has 0 aliphatic heterocycles. The van der Waals surface area contributed by atoms with Crippen LogP contribution in [0.5, 0.6) is 0 Å². The van der Waals surface area contributed by atoms with Crippen LogP contribution in [0.4, 0.5) is 5.82 Å². The number of anilines is 1. The molecular formula is C16H11ClN6O. The van der Waals surface area contributed by atoms with Crippen LogP contribution in [0.25, 0.3) is 16.6 Å². The number of aromatic nitrogens is 4. The van der Waals surface area contributed by atoms with Crippen LogP contribution >= 0.6 is 11.6 Å². The Labute approximate surface area is 141 Å². The average molecular weight is 339 g/mol. The molecule has 0 radical (unpaired) electrons. The van der Waals surface area contributed by atoms with E-state index >= 15 is 0 Å². The molecule has 3 heterocycles. The molecule has 0 fully saturated rings. The topological polar surface area (TPSA) is 84.2 Å². The number of carbonyl (C=O) groups excluding carboxylic acids is 1. The highest BCUT2D eigenvalue weighted by atomic mass is 35.5. The normalized spacial score (nSPS) is 10.9. The van der Waals surface area contributed by atoms with Gasteiger partial charge in [-0.15, -0.1) is 0 Å². The fraction of sp³-hybridized carbons (Fsp3) is 0. The van der Waals surface area contributed by atoms with Crippen LogP contribution in [-0.4, -0.2) is 25.3 Å². The first-order valence-corrected chi connectivity index (χ1v) is 7.49. The van der Waals surface area contributed by atoms with Crippen molar-refractivity contribution in [2.45, 2.75) is 0 Å². The molecule has 2 N–H and O–H groups in total. The van der Waals surface area contributed by atoms with Crippen molar-refractivity contribution in [2.75, 3.05) is 5.43 Å². The number of halogens is 1. The lowest BCUT2D eigenvalue weighted by Crippen LogP contribution is -2.30. The van der Waals surface area contributed by atoms with Gasteiger partial charge in [-0.1, -0.05) is 11.6 Å². The highest BCUT2D eigenvalue weighted by Gasteiger charge is 2.11. The second-order valence-corrected chi connectivity index (χ2v) is 5.46. The summed E-state index contributed by atoms with van der Waals surface area (Å²) < 4.78 is 1.97. The summed E-state index contributed by atoms with van der Waals surface area (Å²) in [4.78, 5) is 24.4. The van der Waals surface area contributed by atoms with E-state index in [0.717, 1.165) is 11.0 Å². The molecule has 0 saturated heterocycles. The van der Waals surface area contributed by atoms with Gasteiger partial charge in [0.05, 0.1) is 22.7 Å². The van der Waals surface area contributed by atoms with Crippen LogP contribution in [0.2, 0.25) is 5.02 Å². The molecule has 1 amide bonds. The highest BCUT2D eigenvalue weighted by Crippen LogP contribution is 2.24. The second kappa shape index (κ2) is 5.78. The van der Waals surface area contributed by atoms with Crippen LogP contribution in [0, 0.1) is 0 Å². The molecule has 0 spiro atoms. The van der Waals surface area contributed by atoms with Gasteiger partial charge in [-0.3, -0.25) is 20.6 Å². The minimum absolute atomic E-state index is 0.209. The first-order chi connectivity index (χ1) is 11.7. The fourth-order valence-electron chi connectivity index (χ4n) is 2.44. The number of nitrogens with one attached hydrogen (secondary N) is 2. The smallest absolute Gasteiger partial charge is 0.289 e. The Morgan fingerprint density at radius 3 is 2.92 bits per heavy atom. The van der Waals surface area contributed by atoms with E-state index in [1.165, 1.54) is 18.6 Å². The summed E-state index contributed by atoms with van der Waals surface area (Å²) in [5.41, 5.74) is 8.08. The third kappa shape index (κ3) is 2.50. The zero-order chi connectivity index (χ0) is 16.5. The lowest BCUT2D eigenvalue weighted by molar-refractivity contribution is 0.0957. The summed E-state index contributed by atoms with van der Waals surface area (Å²) in [5, 5.41) is 0.594. The van der Waals surface area contributed by atoms with Crippen molar-refractivity contribution in [2.24, 2.45) is 0 Å². The summed E-state index contributed by atoms with van der Waals surface area (Å²) in [5.74, 6) is 0.104. The van der Waals surface area contributed by atoms with Gasteiger partial charge in [0.15, 0.2) is 5.82 Å². The standard InChI is InChI=1S/C16H11ClN6O/c17-10-3-4-13-11(8-10)20-15(14-2-1-7-23(13)14)21-22-16(24)12-9-18-5-6-19-12/h1-9H,(H,20,21)(H,22,24). The number of hydrogen-bond acceptors (Lipinski definition) is 5. The minimum Gasteiger partial charge on any atom is -0.312 e. The Morgan fingerprint density at radius 1 is 1.17 bits per heavy atom. The maximum Gasteiger partial charge on any atom is 0.289 e. The van der Waals surface area contributed by atoms with Crippen molar-refractivity contribution < 1.29 is 4.79 Å². The van der Waals surface area contributed by atoms with Crippen LogP contribution in [0.3, 0.4) is 0 Å². The quantitative estimate of drug-likeness (QED) is 0.561. The van der Waals surface area contributed by atoms with E-state index in [0.29, 0.717) is 16.4 Å². The number of hydrazine groups is 1. The maximum atomic E-state index is 12.1. The maximum absolute atomic E-state index is 12.1. The summed E-state index contributed by atoms with van der Waals surface area (Å²) in [6.45, 7) is 0. The van der Waals surface area contributed by atoms with Gasteiger partial charge in [-0.25, -0.2) is 9.97 Å². The van der Waals surface area contributed by atoms with Crippen LogP contribution in [0.1, 0.15) is 10.5 Å². The van der Waals surface area contributed by atoms with E-state index in [2.05, 4.69) is 25.8 Å². The second-order valence-electron chi connectivity index (χ2n) is 5.03. The van der Waals surface area contributed by atoms with Crippen LogP contribution in [-0.2, 0) is 0 Å². The van der Waals surface area contributed by atoms with Crippen molar-refractivity contribution >= 4 is 39.9 Å². The molecule has 0 aliphatic rings. The first kappa shape index (κ1) is 14.4. The van der Waals surface area contributed by atoms with E-state index in [-0.39, 0.29) is 5.69 Å². The molecule has 0 unspecified atom stereocenters. The minimum atomic E-state index is -0.402. The summed E-state index contributed by atoms with van der Waals surface area (Å²) >= 11 is 6.05. The zero-order valence-corrected chi connectivity index (χ0v) is 13.0. The van der Waals surface area contributed by atoms with Crippen molar-refractivity contribution in [3.05, 3.63) is 65.8 Å². The Balaban J connectivity index is 1.70. The SMILES string of the molecule is O=C(NNc1nc2cc(Cl)ccc2n2cccc12)c1cnccn1. The fourth-order valence-corrected chi connectivity index (χ4v) is 2.61. The van der Waals surface area contributed by atoms with Crippen molar-refractivity contribution in [3.63, 3.8) is 0 Å². The zero-order valence-electron chi connectivity index (χ0n) is 12.3. The van der Waals surface area contributed by atoms with E-state index in [9.17, 15) is 4.79 Å². The highest BCUT2D eigenvalue weighted by molar-refractivity contribution is 6.31. The van der Waals surface area contributed by atoms with Gasteiger partial charge < -0.3 is 4.40 Å². The van der Waals surface area contributed by atoms with Gasteiger partial charge in [-0.2, -0.15) is 0 Å². The van der Waals surface area contributed by atoms with Crippen LogP contribution in [0.15, 0.2) is 55.1 Å². The predicted molar refractivity (Wildman–Crippen MR) is 90.8 cm³/mol. The Hall–Kier alpha value is -3.19.